The van der Waals surface area contributed by atoms with Crippen LogP contribution < -0.4 is 5.32 Å². The van der Waals surface area contributed by atoms with Crippen LogP contribution in [0, 0.1) is 5.92 Å². The van der Waals surface area contributed by atoms with Gasteiger partial charge in [0, 0.05) is 12.0 Å². The number of rotatable bonds is 9. The zero-order valence-electron chi connectivity index (χ0n) is 13.2. The van der Waals surface area contributed by atoms with Crippen LogP contribution in [0.1, 0.15) is 58.9 Å². The largest absolute Gasteiger partial charge is 0.316 e. The van der Waals surface area contributed by atoms with Gasteiger partial charge in [-0.3, -0.25) is 0 Å². The maximum atomic E-state index is 3.68. The van der Waals surface area contributed by atoms with Crippen molar-refractivity contribution in [3.05, 3.63) is 35.9 Å². The highest BCUT2D eigenvalue weighted by Crippen LogP contribution is 2.22. The van der Waals surface area contributed by atoms with E-state index in [1.54, 1.807) is 0 Å². The maximum absolute atomic E-state index is 3.68. The summed E-state index contributed by atoms with van der Waals surface area (Å²) in [5, 5.41) is 3.68. The van der Waals surface area contributed by atoms with Gasteiger partial charge in [0.05, 0.1) is 0 Å². The summed E-state index contributed by atoms with van der Waals surface area (Å²) >= 11 is 0. The lowest BCUT2D eigenvalue weighted by molar-refractivity contribution is 0.387. The van der Waals surface area contributed by atoms with Gasteiger partial charge in [-0.1, -0.05) is 77.3 Å². The predicted octanol–water partition coefficient (Wildman–Crippen LogP) is 4.77. The Bertz CT molecular complexity index is 329. The molecule has 1 atom stereocenters. The summed E-state index contributed by atoms with van der Waals surface area (Å²) < 4.78 is 0. The number of benzene rings is 1. The standard InChI is InChI=1S/C18H31N/c1-5-7-11-16(6-2)14-19-15-18(3,4)17-12-9-8-10-13-17/h8-10,12-13,16,19H,5-7,11,14-15H2,1-4H3. The summed E-state index contributed by atoms with van der Waals surface area (Å²) in [6.45, 7) is 11.4. The number of hydrogen-bond acceptors (Lipinski definition) is 1. The van der Waals surface area contributed by atoms with Crippen molar-refractivity contribution in [2.75, 3.05) is 13.1 Å². The minimum absolute atomic E-state index is 0.213. The van der Waals surface area contributed by atoms with Gasteiger partial charge < -0.3 is 5.32 Å². The van der Waals surface area contributed by atoms with E-state index >= 15 is 0 Å². The molecule has 1 aromatic carbocycles. The number of unbranched alkanes of at least 4 members (excludes halogenated alkanes) is 1. The Hall–Kier alpha value is -0.820. The van der Waals surface area contributed by atoms with Crippen molar-refractivity contribution in [3.8, 4) is 0 Å². The number of hydrogen-bond donors (Lipinski definition) is 1. The van der Waals surface area contributed by atoms with Gasteiger partial charge in [0.2, 0.25) is 0 Å². The van der Waals surface area contributed by atoms with Gasteiger partial charge in [0.15, 0.2) is 0 Å². The molecule has 0 aliphatic rings. The molecule has 0 bridgehead atoms. The van der Waals surface area contributed by atoms with Crippen LogP contribution >= 0.6 is 0 Å². The van der Waals surface area contributed by atoms with Crippen molar-refractivity contribution in [2.45, 2.75) is 58.8 Å². The first-order valence-corrected chi connectivity index (χ1v) is 7.86. The van der Waals surface area contributed by atoms with E-state index in [4.69, 9.17) is 0 Å². The molecule has 0 spiro atoms. The van der Waals surface area contributed by atoms with Crippen molar-refractivity contribution < 1.29 is 0 Å². The topological polar surface area (TPSA) is 12.0 Å². The highest BCUT2D eigenvalue weighted by Gasteiger charge is 2.20. The van der Waals surface area contributed by atoms with Crippen LogP contribution in [0.4, 0.5) is 0 Å². The van der Waals surface area contributed by atoms with Gasteiger partial charge in [-0.15, -0.1) is 0 Å². The third kappa shape index (κ3) is 5.78. The molecule has 1 N–H and O–H groups in total. The molecule has 19 heavy (non-hydrogen) atoms. The van der Waals surface area contributed by atoms with Crippen LogP contribution in [0.5, 0.6) is 0 Å². The fraction of sp³-hybridized carbons (Fsp3) is 0.667. The highest BCUT2D eigenvalue weighted by molar-refractivity contribution is 5.23. The van der Waals surface area contributed by atoms with Crippen LogP contribution in [0.15, 0.2) is 30.3 Å². The fourth-order valence-corrected chi connectivity index (χ4v) is 2.52. The van der Waals surface area contributed by atoms with Crippen LogP contribution in [0.2, 0.25) is 0 Å². The van der Waals surface area contributed by atoms with Crippen LogP contribution in [-0.4, -0.2) is 13.1 Å². The quantitative estimate of drug-likeness (QED) is 0.675. The summed E-state index contributed by atoms with van der Waals surface area (Å²) in [6, 6.07) is 10.8. The predicted molar refractivity (Wildman–Crippen MR) is 85.6 cm³/mol. The minimum atomic E-state index is 0.213. The Labute approximate surface area is 119 Å². The molecule has 0 aromatic heterocycles. The maximum Gasteiger partial charge on any atom is 0.00432 e. The van der Waals surface area contributed by atoms with Gasteiger partial charge >= 0.3 is 0 Å². The summed E-state index contributed by atoms with van der Waals surface area (Å²) in [6.07, 6.45) is 5.33. The average molecular weight is 261 g/mol. The Morgan fingerprint density at radius 3 is 2.37 bits per heavy atom. The zero-order chi connectivity index (χ0) is 14.1. The van der Waals surface area contributed by atoms with Crippen LogP contribution in [-0.2, 0) is 5.41 Å². The Kier molecular flexibility index (Phi) is 7.15. The van der Waals surface area contributed by atoms with Gasteiger partial charge in [0.25, 0.3) is 0 Å². The Morgan fingerprint density at radius 2 is 1.79 bits per heavy atom. The molecular formula is C18H31N. The molecule has 108 valence electrons. The second-order valence-electron chi connectivity index (χ2n) is 6.30. The van der Waals surface area contributed by atoms with E-state index in [1.807, 2.05) is 0 Å². The molecule has 0 amide bonds. The van der Waals surface area contributed by atoms with Gasteiger partial charge in [-0.25, -0.2) is 0 Å². The first-order chi connectivity index (χ1) is 9.10. The third-order valence-electron chi connectivity index (χ3n) is 4.10. The van der Waals surface area contributed by atoms with E-state index in [0.29, 0.717) is 0 Å². The second-order valence-corrected chi connectivity index (χ2v) is 6.30. The van der Waals surface area contributed by atoms with E-state index in [1.165, 1.54) is 31.2 Å². The number of nitrogens with one attached hydrogen (secondary N) is 1. The first-order valence-electron chi connectivity index (χ1n) is 7.86. The first kappa shape index (κ1) is 16.2. The molecule has 0 aliphatic heterocycles. The molecule has 1 aromatic rings. The normalized spacial score (nSPS) is 13.5. The molecule has 0 radical (unpaired) electrons. The van der Waals surface area contributed by atoms with E-state index in [0.717, 1.165) is 19.0 Å². The minimum Gasteiger partial charge on any atom is -0.316 e. The molecule has 0 fully saturated rings. The van der Waals surface area contributed by atoms with E-state index < -0.39 is 0 Å². The van der Waals surface area contributed by atoms with Crippen molar-refractivity contribution in [1.29, 1.82) is 0 Å². The van der Waals surface area contributed by atoms with E-state index in [2.05, 4.69) is 63.3 Å². The molecule has 0 aliphatic carbocycles. The van der Waals surface area contributed by atoms with Crippen molar-refractivity contribution in [1.82, 2.24) is 5.32 Å². The molecule has 0 saturated carbocycles. The summed E-state index contributed by atoms with van der Waals surface area (Å²) in [7, 11) is 0. The Morgan fingerprint density at radius 1 is 1.11 bits per heavy atom. The fourth-order valence-electron chi connectivity index (χ4n) is 2.52. The summed E-state index contributed by atoms with van der Waals surface area (Å²) in [5.74, 6) is 0.839. The van der Waals surface area contributed by atoms with Crippen LogP contribution in [0.25, 0.3) is 0 Å². The van der Waals surface area contributed by atoms with Crippen molar-refractivity contribution in [3.63, 3.8) is 0 Å². The van der Waals surface area contributed by atoms with Gasteiger partial charge in [0.1, 0.15) is 0 Å². The molecular weight excluding hydrogens is 230 g/mol. The van der Waals surface area contributed by atoms with Crippen molar-refractivity contribution in [2.24, 2.45) is 5.92 Å². The van der Waals surface area contributed by atoms with Crippen molar-refractivity contribution >= 4 is 0 Å². The van der Waals surface area contributed by atoms with E-state index in [-0.39, 0.29) is 5.41 Å². The molecule has 1 nitrogen and oxygen atoms in total. The average Bonchev–Trinajstić information content (AvgIpc) is 2.43. The van der Waals surface area contributed by atoms with Crippen LogP contribution in [0.3, 0.4) is 0 Å². The monoisotopic (exact) mass is 261 g/mol. The lowest BCUT2D eigenvalue weighted by Crippen LogP contribution is -2.35. The molecule has 1 rings (SSSR count). The second kappa shape index (κ2) is 8.37. The molecule has 1 unspecified atom stereocenters. The SMILES string of the molecule is CCCCC(CC)CNCC(C)(C)c1ccccc1. The highest BCUT2D eigenvalue weighted by atomic mass is 14.9. The molecule has 0 saturated heterocycles. The Balaban J connectivity index is 2.38. The summed E-state index contributed by atoms with van der Waals surface area (Å²) in [4.78, 5) is 0. The third-order valence-corrected chi connectivity index (χ3v) is 4.10. The molecule has 0 heterocycles. The summed E-state index contributed by atoms with van der Waals surface area (Å²) in [5.41, 5.74) is 1.63. The zero-order valence-corrected chi connectivity index (χ0v) is 13.2. The molecule has 1 heteroatoms. The van der Waals surface area contributed by atoms with Gasteiger partial charge in [-0.05, 0) is 24.4 Å². The van der Waals surface area contributed by atoms with E-state index in [9.17, 15) is 0 Å². The van der Waals surface area contributed by atoms with Gasteiger partial charge in [-0.2, -0.15) is 0 Å². The smallest absolute Gasteiger partial charge is 0.00432 e. The lowest BCUT2D eigenvalue weighted by atomic mass is 9.84. The lowest BCUT2D eigenvalue weighted by Gasteiger charge is -2.27.